The molecule has 1 aliphatic rings. The van der Waals surface area contributed by atoms with E-state index >= 15 is 0 Å². The van der Waals surface area contributed by atoms with Gasteiger partial charge in [-0.1, -0.05) is 41.6 Å². The third-order valence-corrected chi connectivity index (χ3v) is 5.31. The van der Waals surface area contributed by atoms with E-state index in [0.717, 1.165) is 49.4 Å². The fraction of sp³-hybridized carbons (Fsp3) is 0.375. The molecule has 0 bridgehead atoms. The SMILES string of the molecule is CC(C)(Oc1ccc(CCNCc2ccc(-c3noc(C4CC4)n3)cc2)cc1)C(=O)O. The Morgan fingerprint density at radius 2 is 1.81 bits per heavy atom. The molecule has 2 N–H and O–H groups in total. The van der Waals surface area contributed by atoms with Crippen molar-refractivity contribution in [3.8, 4) is 17.1 Å². The quantitative estimate of drug-likeness (QED) is 0.474. The van der Waals surface area contributed by atoms with Crippen molar-refractivity contribution in [2.24, 2.45) is 0 Å². The normalized spacial score (nSPS) is 13.9. The average Bonchev–Trinajstić information content (AvgIpc) is 3.49. The number of aromatic nitrogens is 2. The number of carboxylic acid groups (broad SMARTS) is 1. The van der Waals surface area contributed by atoms with Gasteiger partial charge < -0.3 is 19.7 Å². The first-order valence-electron chi connectivity index (χ1n) is 10.6. The first-order valence-corrected chi connectivity index (χ1v) is 10.6. The molecular weight excluding hydrogens is 394 g/mol. The molecule has 7 nitrogen and oxygen atoms in total. The molecule has 0 aliphatic heterocycles. The van der Waals surface area contributed by atoms with Crippen LogP contribution in [0, 0.1) is 0 Å². The minimum atomic E-state index is -1.25. The number of ether oxygens (including phenoxy) is 1. The Kier molecular flexibility index (Phi) is 6.04. The Morgan fingerprint density at radius 3 is 2.45 bits per heavy atom. The maximum atomic E-state index is 11.2. The van der Waals surface area contributed by atoms with Crippen LogP contribution in [0.3, 0.4) is 0 Å². The van der Waals surface area contributed by atoms with Gasteiger partial charge >= 0.3 is 5.97 Å². The molecule has 31 heavy (non-hydrogen) atoms. The number of aliphatic carboxylic acids is 1. The summed E-state index contributed by atoms with van der Waals surface area (Å²) < 4.78 is 10.9. The second kappa shape index (κ2) is 8.89. The second-order valence-corrected chi connectivity index (χ2v) is 8.42. The zero-order chi connectivity index (χ0) is 21.8. The molecule has 1 heterocycles. The van der Waals surface area contributed by atoms with E-state index in [1.807, 2.05) is 36.4 Å². The molecule has 0 atom stereocenters. The summed E-state index contributed by atoms with van der Waals surface area (Å²) in [5, 5.41) is 16.7. The summed E-state index contributed by atoms with van der Waals surface area (Å²) in [6.45, 7) is 4.67. The van der Waals surface area contributed by atoms with Crippen LogP contribution < -0.4 is 10.1 Å². The van der Waals surface area contributed by atoms with Crippen LogP contribution in [0.4, 0.5) is 0 Å². The van der Waals surface area contributed by atoms with Gasteiger partial charge in [0, 0.05) is 18.0 Å². The number of hydrogen-bond acceptors (Lipinski definition) is 6. The molecule has 7 heteroatoms. The fourth-order valence-corrected chi connectivity index (χ4v) is 3.15. The number of rotatable bonds is 10. The molecule has 2 aromatic carbocycles. The Balaban J connectivity index is 1.22. The lowest BCUT2D eigenvalue weighted by Gasteiger charge is -2.21. The molecule has 0 spiro atoms. The monoisotopic (exact) mass is 421 g/mol. The van der Waals surface area contributed by atoms with Gasteiger partial charge in [0.05, 0.1) is 0 Å². The average molecular weight is 421 g/mol. The second-order valence-electron chi connectivity index (χ2n) is 8.42. The molecule has 162 valence electrons. The highest BCUT2D eigenvalue weighted by molar-refractivity contribution is 5.76. The lowest BCUT2D eigenvalue weighted by Crippen LogP contribution is -2.37. The van der Waals surface area contributed by atoms with Crippen molar-refractivity contribution in [1.29, 1.82) is 0 Å². The summed E-state index contributed by atoms with van der Waals surface area (Å²) in [5.74, 6) is 1.43. The Hall–Kier alpha value is -3.19. The molecule has 0 saturated heterocycles. The largest absolute Gasteiger partial charge is 0.478 e. The minimum Gasteiger partial charge on any atom is -0.478 e. The van der Waals surface area contributed by atoms with Crippen LogP contribution in [0.2, 0.25) is 0 Å². The van der Waals surface area contributed by atoms with Crippen molar-refractivity contribution >= 4 is 5.97 Å². The minimum absolute atomic E-state index is 0.463. The third-order valence-electron chi connectivity index (χ3n) is 5.31. The number of hydrogen-bond donors (Lipinski definition) is 2. The van der Waals surface area contributed by atoms with Crippen molar-refractivity contribution in [2.75, 3.05) is 6.54 Å². The number of nitrogens with one attached hydrogen (secondary N) is 1. The molecular formula is C24H27N3O4. The van der Waals surface area contributed by atoms with E-state index < -0.39 is 11.6 Å². The van der Waals surface area contributed by atoms with E-state index in [1.54, 1.807) is 0 Å². The van der Waals surface area contributed by atoms with Gasteiger partial charge in [0.1, 0.15) is 5.75 Å². The van der Waals surface area contributed by atoms with Crippen LogP contribution in [0.5, 0.6) is 5.75 Å². The molecule has 0 amide bonds. The third kappa shape index (κ3) is 5.49. The van der Waals surface area contributed by atoms with Crippen LogP contribution in [-0.4, -0.2) is 33.4 Å². The Bertz CT molecular complexity index is 1020. The molecule has 0 radical (unpaired) electrons. The predicted octanol–water partition coefficient (Wildman–Crippen LogP) is 4.19. The summed E-state index contributed by atoms with van der Waals surface area (Å²) in [6.07, 6.45) is 3.16. The zero-order valence-corrected chi connectivity index (χ0v) is 17.8. The van der Waals surface area contributed by atoms with Crippen molar-refractivity contribution < 1.29 is 19.2 Å². The summed E-state index contributed by atoms with van der Waals surface area (Å²) in [7, 11) is 0. The number of carboxylic acids is 1. The summed E-state index contributed by atoms with van der Waals surface area (Å²) >= 11 is 0. The van der Waals surface area contributed by atoms with Crippen molar-refractivity contribution in [3.05, 3.63) is 65.5 Å². The maximum absolute atomic E-state index is 11.2. The number of nitrogens with zero attached hydrogens (tertiary/aromatic N) is 2. The molecule has 1 fully saturated rings. The van der Waals surface area contributed by atoms with Crippen molar-refractivity contribution in [3.63, 3.8) is 0 Å². The Labute approximate surface area is 181 Å². The van der Waals surface area contributed by atoms with E-state index in [9.17, 15) is 4.79 Å². The van der Waals surface area contributed by atoms with Crippen LogP contribution in [0.25, 0.3) is 11.4 Å². The molecule has 1 saturated carbocycles. The van der Waals surface area contributed by atoms with Crippen molar-refractivity contribution in [2.45, 2.75) is 51.2 Å². The smallest absolute Gasteiger partial charge is 0.347 e. The lowest BCUT2D eigenvalue weighted by atomic mass is 10.1. The summed E-state index contributed by atoms with van der Waals surface area (Å²) in [5.41, 5.74) is 2.07. The number of carbonyl (C=O) groups is 1. The predicted molar refractivity (Wildman–Crippen MR) is 116 cm³/mol. The van der Waals surface area contributed by atoms with Gasteiger partial charge in [-0.25, -0.2) is 4.79 Å². The van der Waals surface area contributed by atoms with E-state index in [0.29, 0.717) is 17.5 Å². The van der Waals surface area contributed by atoms with Gasteiger partial charge in [0.15, 0.2) is 5.60 Å². The molecule has 4 rings (SSSR count). The van der Waals surface area contributed by atoms with E-state index in [2.05, 4.69) is 27.6 Å². The van der Waals surface area contributed by atoms with E-state index in [1.165, 1.54) is 19.4 Å². The van der Waals surface area contributed by atoms with Gasteiger partial charge in [-0.05, 0) is 62.9 Å². The first-order chi connectivity index (χ1) is 14.9. The fourth-order valence-electron chi connectivity index (χ4n) is 3.15. The first kappa shape index (κ1) is 21.1. The molecule has 1 aromatic heterocycles. The lowest BCUT2D eigenvalue weighted by molar-refractivity contribution is -0.152. The number of benzene rings is 2. The van der Waals surface area contributed by atoms with Crippen LogP contribution in [0.15, 0.2) is 53.1 Å². The van der Waals surface area contributed by atoms with Gasteiger partial charge in [0.2, 0.25) is 11.7 Å². The summed E-state index contributed by atoms with van der Waals surface area (Å²) in [4.78, 5) is 15.6. The van der Waals surface area contributed by atoms with Gasteiger partial charge in [-0.2, -0.15) is 4.98 Å². The van der Waals surface area contributed by atoms with Gasteiger partial charge in [-0.15, -0.1) is 0 Å². The maximum Gasteiger partial charge on any atom is 0.347 e. The molecule has 1 aliphatic carbocycles. The highest BCUT2D eigenvalue weighted by atomic mass is 16.5. The molecule has 0 unspecified atom stereocenters. The highest BCUT2D eigenvalue weighted by Crippen LogP contribution is 2.39. The van der Waals surface area contributed by atoms with Crippen LogP contribution >= 0.6 is 0 Å². The van der Waals surface area contributed by atoms with Gasteiger partial charge in [0.25, 0.3) is 0 Å². The van der Waals surface area contributed by atoms with Gasteiger partial charge in [-0.3, -0.25) is 0 Å². The standard InChI is InChI=1S/C24H27N3O4/c1-24(2,23(28)29)30-20-11-5-16(6-12-20)13-14-25-15-17-3-7-18(8-4-17)21-26-22(31-27-21)19-9-10-19/h3-8,11-12,19,25H,9-10,13-15H2,1-2H3,(H,28,29). The van der Waals surface area contributed by atoms with Crippen LogP contribution in [0.1, 0.15) is 49.6 Å². The Morgan fingerprint density at radius 1 is 1.13 bits per heavy atom. The topological polar surface area (TPSA) is 97.5 Å². The molecule has 3 aromatic rings. The summed E-state index contributed by atoms with van der Waals surface area (Å²) in [6, 6.07) is 15.7. The zero-order valence-electron chi connectivity index (χ0n) is 17.8. The van der Waals surface area contributed by atoms with Crippen LogP contribution in [-0.2, 0) is 17.8 Å². The van der Waals surface area contributed by atoms with E-state index in [-0.39, 0.29) is 0 Å². The van der Waals surface area contributed by atoms with E-state index in [4.69, 9.17) is 14.4 Å². The highest BCUT2D eigenvalue weighted by Gasteiger charge is 2.30. The van der Waals surface area contributed by atoms with Crippen molar-refractivity contribution in [1.82, 2.24) is 15.5 Å².